The summed E-state index contributed by atoms with van der Waals surface area (Å²) >= 11 is 5.98. The summed E-state index contributed by atoms with van der Waals surface area (Å²) in [6.45, 7) is 10.9. The van der Waals surface area contributed by atoms with E-state index in [1.54, 1.807) is 0 Å². The van der Waals surface area contributed by atoms with E-state index in [-0.39, 0.29) is 0 Å². The molecule has 0 fully saturated rings. The van der Waals surface area contributed by atoms with Gasteiger partial charge in [-0.05, 0) is 37.7 Å². The van der Waals surface area contributed by atoms with Crippen molar-refractivity contribution >= 4 is 11.6 Å². The molecule has 0 aliphatic heterocycles. The lowest BCUT2D eigenvalue weighted by Crippen LogP contribution is -2.33. The van der Waals surface area contributed by atoms with Gasteiger partial charge in [0.1, 0.15) is 0 Å². The van der Waals surface area contributed by atoms with E-state index in [2.05, 4.69) is 37.1 Å². The number of hydrogen-bond acceptors (Lipinski definition) is 2. The maximum Gasteiger partial charge on any atom is 0.0409 e. The molecule has 0 bridgehead atoms. The number of nitrogens with one attached hydrogen (secondary N) is 1. The van der Waals surface area contributed by atoms with Gasteiger partial charge in [-0.1, -0.05) is 37.6 Å². The van der Waals surface area contributed by atoms with E-state index in [4.69, 9.17) is 11.6 Å². The molecule has 1 N–H and O–H groups in total. The Bertz CT molecular complexity index is 324. The minimum Gasteiger partial charge on any atom is -0.309 e. The third-order valence-corrected chi connectivity index (χ3v) is 3.36. The van der Waals surface area contributed by atoms with Crippen LogP contribution in [0.1, 0.15) is 32.4 Å². The normalized spacial score (nSPS) is 13.0. The van der Waals surface area contributed by atoms with E-state index in [0.717, 1.165) is 31.2 Å². The van der Waals surface area contributed by atoms with Gasteiger partial charge in [0.2, 0.25) is 0 Å². The Morgan fingerprint density at radius 3 is 2.59 bits per heavy atom. The van der Waals surface area contributed by atoms with Crippen LogP contribution in [0.4, 0.5) is 0 Å². The second-order valence-electron chi connectivity index (χ2n) is 4.26. The fourth-order valence-electron chi connectivity index (χ4n) is 1.87. The Morgan fingerprint density at radius 1 is 1.29 bits per heavy atom. The smallest absolute Gasteiger partial charge is 0.0409 e. The highest BCUT2D eigenvalue weighted by atomic mass is 35.5. The van der Waals surface area contributed by atoms with Gasteiger partial charge >= 0.3 is 0 Å². The largest absolute Gasteiger partial charge is 0.309 e. The lowest BCUT2D eigenvalue weighted by atomic mass is 10.1. The lowest BCUT2D eigenvalue weighted by Gasteiger charge is -2.20. The predicted molar refractivity (Wildman–Crippen MR) is 75.7 cm³/mol. The quantitative estimate of drug-likeness (QED) is 0.803. The van der Waals surface area contributed by atoms with Crippen LogP contribution in [0.15, 0.2) is 24.3 Å². The Balaban J connectivity index is 2.37. The number of halogens is 1. The molecule has 0 radical (unpaired) electrons. The number of rotatable bonds is 7. The van der Waals surface area contributed by atoms with Crippen molar-refractivity contribution in [3.63, 3.8) is 0 Å². The minimum absolute atomic E-state index is 0.351. The molecule has 3 heteroatoms. The Labute approximate surface area is 110 Å². The second kappa shape index (κ2) is 7.70. The van der Waals surface area contributed by atoms with Crippen LogP contribution in [0, 0.1) is 0 Å². The SMILES string of the molecule is CCN(CC)CCN[C@@H](C)c1cccc(Cl)c1. The van der Waals surface area contributed by atoms with Crippen molar-refractivity contribution in [2.45, 2.75) is 26.8 Å². The molecular weight excluding hydrogens is 232 g/mol. The summed E-state index contributed by atoms with van der Waals surface area (Å²) in [5.74, 6) is 0. The molecule has 0 aliphatic carbocycles. The fourth-order valence-corrected chi connectivity index (χ4v) is 2.07. The standard InChI is InChI=1S/C14H23ClN2/c1-4-17(5-2)10-9-16-12(3)13-7-6-8-14(15)11-13/h6-8,11-12,16H,4-5,9-10H2,1-3H3/t12-/m0/s1. The summed E-state index contributed by atoms with van der Waals surface area (Å²) in [6.07, 6.45) is 0. The number of benzene rings is 1. The number of hydrogen-bond donors (Lipinski definition) is 1. The molecule has 1 aromatic carbocycles. The van der Waals surface area contributed by atoms with E-state index >= 15 is 0 Å². The summed E-state index contributed by atoms with van der Waals surface area (Å²) in [4.78, 5) is 2.41. The molecule has 0 saturated carbocycles. The van der Waals surface area contributed by atoms with Crippen molar-refractivity contribution in [3.8, 4) is 0 Å². The van der Waals surface area contributed by atoms with Gasteiger partial charge < -0.3 is 10.2 Å². The summed E-state index contributed by atoms with van der Waals surface area (Å²) in [6, 6.07) is 8.40. The molecule has 0 aromatic heterocycles. The molecule has 1 rings (SSSR count). The zero-order valence-corrected chi connectivity index (χ0v) is 11.8. The number of nitrogens with zero attached hydrogens (tertiary/aromatic N) is 1. The van der Waals surface area contributed by atoms with Gasteiger partial charge in [0.05, 0.1) is 0 Å². The number of likely N-dealkylation sites (N-methyl/N-ethyl adjacent to an activating group) is 1. The molecule has 0 unspecified atom stereocenters. The van der Waals surface area contributed by atoms with Crippen molar-refractivity contribution in [3.05, 3.63) is 34.9 Å². The lowest BCUT2D eigenvalue weighted by molar-refractivity contribution is 0.298. The Morgan fingerprint density at radius 2 is 2.00 bits per heavy atom. The third kappa shape index (κ3) is 5.07. The first-order valence-corrected chi connectivity index (χ1v) is 6.76. The first kappa shape index (κ1) is 14.5. The molecule has 0 aliphatic rings. The molecule has 2 nitrogen and oxygen atoms in total. The highest BCUT2D eigenvalue weighted by molar-refractivity contribution is 6.30. The molecule has 0 spiro atoms. The van der Waals surface area contributed by atoms with Gasteiger partial charge in [-0.25, -0.2) is 0 Å². The van der Waals surface area contributed by atoms with E-state index in [1.165, 1.54) is 5.56 Å². The van der Waals surface area contributed by atoms with Crippen LogP contribution in [-0.4, -0.2) is 31.1 Å². The maximum atomic E-state index is 5.98. The summed E-state index contributed by atoms with van der Waals surface area (Å²) in [5.41, 5.74) is 1.25. The molecule has 1 atom stereocenters. The van der Waals surface area contributed by atoms with E-state index in [1.807, 2.05) is 18.2 Å². The first-order valence-electron chi connectivity index (χ1n) is 6.38. The molecule has 0 heterocycles. The fraction of sp³-hybridized carbons (Fsp3) is 0.571. The van der Waals surface area contributed by atoms with Crippen LogP contribution in [0.3, 0.4) is 0 Å². The molecule has 96 valence electrons. The van der Waals surface area contributed by atoms with Crippen LogP contribution >= 0.6 is 11.6 Å². The van der Waals surface area contributed by atoms with Gasteiger partial charge in [-0.15, -0.1) is 0 Å². The molecule has 17 heavy (non-hydrogen) atoms. The summed E-state index contributed by atoms with van der Waals surface area (Å²) in [7, 11) is 0. The zero-order valence-electron chi connectivity index (χ0n) is 11.0. The van der Waals surface area contributed by atoms with Gasteiger partial charge in [0, 0.05) is 24.2 Å². The Kier molecular flexibility index (Phi) is 6.56. The topological polar surface area (TPSA) is 15.3 Å². The van der Waals surface area contributed by atoms with Crippen molar-refractivity contribution in [2.24, 2.45) is 0 Å². The van der Waals surface area contributed by atoms with Crippen molar-refractivity contribution in [2.75, 3.05) is 26.2 Å². The third-order valence-electron chi connectivity index (χ3n) is 3.12. The van der Waals surface area contributed by atoms with Crippen LogP contribution in [0.5, 0.6) is 0 Å². The van der Waals surface area contributed by atoms with E-state index < -0.39 is 0 Å². The van der Waals surface area contributed by atoms with Crippen LogP contribution in [0.2, 0.25) is 5.02 Å². The molecule has 0 saturated heterocycles. The monoisotopic (exact) mass is 254 g/mol. The van der Waals surface area contributed by atoms with Crippen LogP contribution in [-0.2, 0) is 0 Å². The van der Waals surface area contributed by atoms with Gasteiger partial charge in [0.25, 0.3) is 0 Å². The first-order chi connectivity index (χ1) is 8.17. The Hall–Kier alpha value is -0.570. The second-order valence-corrected chi connectivity index (χ2v) is 4.69. The van der Waals surface area contributed by atoms with Gasteiger partial charge in [-0.2, -0.15) is 0 Å². The molecular formula is C14H23ClN2. The predicted octanol–water partition coefficient (Wildman–Crippen LogP) is 3.33. The average molecular weight is 255 g/mol. The molecule has 1 aromatic rings. The van der Waals surface area contributed by atoms with E-state index in [9.17, 15) is 0 Å². The maximum absolute atomic E-state index is 5.98. The van der Waals surface area contributed by atoms with Gasteiger partial charge in [0.15, 0.2) is 0 Å². The summed E-state index contributed by atoms with van der Waals surface area (Å²) < 4.78 is 0. The van der Waals surface area contributed by atoms with Gasteiger partial charge in [-0.3, -0.25) is 0 Å². The van der Waals surface area contributed by atoms with Crippen molar-refractivity contribution in [1.82, 2.24) is 10.2 Å². The van der Waals surface area contributed by atoms with Crippen LogP contribution < -0.4 is 5.32 Å². The zero-order chi connectivity index (χ0) is 12.7. The highest BCUT2D eigenvalue weighted by Gasteiger charge is 2.05. The molecule has 0 amide bonds. The van der Waals surface area contributed by atoms with Crippen molar-refractivity contribution in [1.29, 1.82) is 0 Å². The highest BCUT2D eigenvalue weighted by Crippen LogP contribution is 2.16. The minimum atomic E-state index is 0.351. The average Bonchev–Trinajstić information content (AvgIpc) is 2.34. The van der Waals surface area contributed by atoms with E-state index in [0.29, 0.717) is 6.04 Å². The van der Waals surface area contributed by atoms with Crippen LogP contribution in [0.25, 0.3) is 0 Å². The summed E-state index contributed by atoms with van der Waals surface area (Å²) in [5, 5.41) is 4.33. The van der Waals surface area contributed by atoms with Crippen molar-refractivity contribution < 1.29 is 0 Å².